The molecule has 104 valence electrons. The molecule has 0 saturated carbocycles. The van der Waals surface area contributed by atoms with Gasteiger partial charge in [0, 0.05) is 5.56 Å². The van der Waals surface area contributed by atoms with Crippen LogP contribution in [0.3, 0.4) is 0 Å². The van der Waals surface area contributed by atoms with Gasteiger partial charge in [-0.25, -0.2) is 4.39 Å². The first-order valence-corrected chi connectivity index (χ1v) is 6.19. The van der Waals surface area contributed by atoms with Crippen LogP contribution >= 0.6 is 0 Å². The number of hydrogen-bond acceptors (Lipinski definition) is 3. The van der Waals surface area contributed by atoms with Gasteiger partial charge in [0.05, 0.1) is 18.0 Å². The number of carbonyl (C=O) groups excluding carboxylic acids is 1. The molecule has 5 heteroatoms. The number of ether oxygens (including phenoxy) is 1. The fourth-order valence-electron chi connectivity index (χ4n) is 1.71. The summed E-state index contributed by atoms with van der Waals surface area (Å²) < 4.78 is 18.2. The lowest BCUT2D eigenvalue weighted by molar-refractivity contribution is 0.102. The topological polar surface area (TPSA) is 64.3 Å². The van der Waals surface area contributed by atoms with Gasteiger partial charge in [0.15, 0.2) is 0 Å². The van der Waals surface area contributed by atoms with Gasteiger partial charge in [0.1, 0.15) is 11.6 Å². The van der Waals surface area contributed by atoms with Gasteiger partial charge in [-0.05, 0) is 49.4 Å². The number of halogens is 1. The van der Waals surface area contributed by atoms with Crippen molar-refractivity contribution in [1.82, 2.24) is 0 Å². The van der Waals surface area contributed by atoms with E-state index in [9.17, 15) is 9.18 Å². The minimum Gasteiger partial charge on any atom is -0.494 e. The van der Waals surface area contributed by atoms with E-state index in [4.69, 9.17) is 10.5 Å². The van der Waals surface area contributed by atoms with Crippen molar-refractivity contribution in [3.63, 3.8) is 0 Å². The highest BCUT2D eigenvalue weighted by Gasteiger charge is 2.08. The maximum Gasteiger partial charge on any atom is 0.255 e. The fraction of sp³-hybridized carbons (Fsp3) is 0.133. The molecule has 0 saturated heterocycles. The Bertz CT molecular complexity index is 612. The zero-order valence-electron chi connectivity index (χ0n) is 11.0. The smallest absolute Gasteiger partial charge is 0.255 e. The summed E-state index contributed by atoms with van der Waals surface area (Å²) in [5.74, 6) is -0.0572. The predicted molar refractivity (Wildman–Crippen MR) is 76.4 cm³/mol. The van der Waals surface area contributed by atoms with E-state index in [1.165, 1.54) is 12.1 Å². The van der Waals surface area contributed by atoms with Crippen LogP contribution in [-0.2, 0) is 0 Å². The molecule has 1 amide bonds. The number of rotatable bonds is 4. The van der Waals surface area contributed by atoms with Crippen molar-refractivity contribution in [2.24, 2.45) is 0 Å². The molecule has 0 spiro atoms. The Kier molecular flexibility index (Phi) is 4.20. The minimum atomic E-state index is -0.443. The number of hydrogen-bond donors (Lipinski definition) is 2. The highest BCUT2D eigenvalue weighted by Crippen LogP contribution is 2.20. The average molecular weight is 274 g/mol. The SMILES string of the molecule is CCOc1ccc(C(=O)Nc2ccc(F)cc2N)cc1. The van der Waals surface area contributed by atoms with E-state index in [2.05, 4.69) is 5.32 Å². The number of nitrogen functional groups attached to an aromatic ring is 1. The predicted octanol–water partition coefficient (Wildman–Crippen LogP) is 3.06. The molecule has 0 aliphatic heterocycles. The molecule has 0 heterocycles. The first-order chi connectivity index (χ1) is 9.60. The first kappa shape index (κ1) is 13.9. The number of carbonyl (C=O) groups is 1. The molecule has 0 aromatic heterocycles. The molecule has 3 N–H and O–H groups in total. The van der Waals surface area contributed by atoms with Crippen LogP contribution in [0.15, 0.2) is 42.5 Å². The van der Waals surface area contributed by atoms with E-state index in [0.29, 0.717) is 23.6 Å². The molecule has 0 fully saturated rings. The van der Waals surface area contributed by atoms with Crippen molar-refractivity contribution in [1.29, 1.82) is 0 Å². The second kappa shape index (κ2) is 6.06. The summed E-state index contributed by atoms with van der Waals surface area (Å²) in [6, 6.07) is 10.6. The average Bonchev–Trinajstić information content (AvgIpc) is 2.43. The Morgan fingerprint density at radius 3 is 2.55 bits per heavy atom. The number of benzene rings is 2. The molecule has 2 aromatic rings. The van der Waals surface area contributed by atoms with Crippen molar-refractivity contribution in [3.05, 3.63) is 53.8 Å². The van der Waals surface area contributed by atoms with Crippen molar-refractivity contribution < 1.29 is 13.9 Å². The Morgan fingerprint density at radius 2 is 1.95 bits per heavy atom. The summed E-state index contributed by atoms with van der Waals surface area (Å²) >= 11 is 0. The van der Waals surface area contributed by atoms with Crippen LogP contribution in [0.25, 0.3) is 0 Å². The number of nitrogens with one attached hydrogen (secondary N) is 1. The van der Waals surface area contributed by atoms with Crippen molar-refractivity contribution in [2.45, 2.75) is 6.92 Å². The minimum absolute atomic E-state index is 0.185. The molecule has 0 bridgehead atoms. The van der Waals surface area contributed by atoms with Crippen LogP contribution in [0.5, 0.6) is 5.75 Å². The number of anilines is 2. The first-order valence-electron chi connectivity index (χ1n) is 6.19. The highest BCUT2D eigenvalue weighted by atomic mass is 19.1. The quantitative estimate of drug-likeness (QED) is 0.842. The highest BCUT2D eigenvalue weighted by molar-refractivity contribution is 6.05. The standard InChI is InChI=1S/C15H15FN2O2/c1-2-20-12-6-3-10(4-7-12)15(19)18-14-8-5-11(16)9-13(14)17/h3-9H,2,17H2,1H3,(H,18,19). The second-order valence-corrected chi connectivity index (χ2v) is 4.14. The lowest BCUT2D eigenvalue weighted by Gasteiger charge is -2.09. The van der Waals surface area contributed by atoms with Crippen molar-refractivity contribution >= 4 is 17.3 Å². The van der Waals surface area contributed by atoms with Gasteiger partial charge in [0.25, 0.3) is 5.91 Å². The van der Waals surface area contributed by atoms with E-state index in [0.717, 1.165) is 6.07 Å². The zero-order valence-corrected chi connectivity index (χ0v) is 11.0. The summed E-state index contributed by atoms with van der Waals surface area (Å²) in [6.07, 6.45) is 0. The van der Waals surface area contributed by atoms with E-state index >= 15 is 0 Å². The van der Waals surface area contributed by atoms with Gasteiger partial charge in [-0.2, -0.15) is 0 Å². The van der Waals surface area contributed by atoms with E-state index in [1.54, 1.807) is 24.3 Å². The molecule has 2 aromatic carbocycles. The second-order valence-electron chi connectivity index (χ2n) is 4.14. The van der Waals surface area contributed by atoms with Gasteiger partial charge in [0.2, 0.25) is 0 Å². The Balaban J connectivity index is 2.11. The molecule has 0 radical (unpaired) electrons. The lowest BCUT2D eigenvalue weighted by atomic mass is 10.2. The van der Waals surface area contributed by atoms with E-state index in [1.807, 2.05) is 6.92 Å². The molecular formula is C15H15FN2O2. The van der Waals surface area contributed by atoms with E-state index < -0.39 is 5.82 Å². The summed E-state index contributed by atoms with van der Waals surface area (Å²) in [5.41, 5.74) is 6.67. The maximum atomic E-state index is 12.9. The summed E-state index contributed by atoms with van der Waals surface area (Å²) in [4.78, 5) is 12.0. The summed E-state index contributed by atoms with van der Waals surface area (Å²) in [7, 11) is 0. The zero-order chi connectivity index (χ0) is 14.5. The van der Waals surface area contributed by atoms with Crippen LogP contribution in [0.1, 0.15) is 17.3 Å². The third kappa shape index (κ3) is 3.26. The van der Waals surface area contributed by atoms with Gasteiger partial charge in [-0.15, -0.1) is 0 Å². The third-order valence-corrected chi connectivity index (χ3v) is 2.69. The van der Waals surface area contributed by atoms with Crippen LogP contribution in [0, 0.1) is 5.82 Å². The van der Waals surface area contributed by atoms with Crippen molar-refractivity contribution in [2.75, 3.05) is 17.7 Å². The van der Waals surface area contributed by atoms with Crippen molar-refractivity contribution in [3.8, 4) is 5.75 Å². The van der Waals surface area contributed by atoms with Crippen LogP contribution in [-0.4, -0.2) is 12.5 Å². The number of nitrogens with two attached hydrogens (primary N) is 1. The van der Waals surface area contributed by atoms with Gasteiger partial charge in [-0.1, -0.05) is 0 Å². The molecule has 0 atom stereocenters. The normalized spacial score (nSPS) is 10.1. The molecule has 2 rings (SSSR count). The maximum absolute atomic E-state index is 12.9. The molecular weight excluding hydrogens is 259 g/mol. The fourth-order valence-corrected chi connectivity index (χ4v) is 1.71. The van der Waals surface area contributed by atoms with Crippen LogP contribution in [0.2, 0.25) is 0 Å². The monoisotopic (exact) mass is 274 g/mol. The van der Waals surface area contributed by atoms with Crippen LogP contribution < -0.4 is 15.8 Å². The molecule has 0 aliphatic carbocycles. The van der Waals surface area contributed by atoms with E-state index in [-0.39, 0.29) is 11.6 Å². The Labute approximate surface area is 116 Å². The van der Waals surface area contributed by atoms with Crippen LogP contribution in [0.4, 0.5) is 15.8 Å². The lowest BCUT2D eigenvalue weighted by Crippen LogP contribution is -2.13. The molecule has 0 aliphatic rings. The number of amides is 1. The molecule has 0 unspecified atom stereocenters. The largest absolute Gasteiger partial charge is 0.494 e. The Hall–Kier alpha value is -2.56. The summed E-state index contributed by atoms with van der Waals surface area (Å²) in [5, 5.41) is 2.63. The van der Waals surface area contributed by atoms with Gasteiger partial charge < -0.3 is 15.8 Å². The summed E-state index contributed by atoms with van der Waals surface area (Å²) in [6.45, 7) is 2.45. The molecule has 4 nitrogen and oxygen atoms in total. The molecule has 20 heavy (non-hydrogen) atoms. The third-order valence-electron chi connectivity index (χ3n) is 2.69. The van der Waals surface area contributed by atoms with Gasteiger partial charge in [-0.3, -0.25) is 4.79 Å². The van der Waals surface area contributed by atoms with Gasteiger partial charge >= 0.3 is 0 Å². The Morgan fingerprint density at radius 1 is 1.25 bits per heavy atom.